The normalized spacial score (nSPS) is 10.3. The molecule has 1 heterocycles. The molecule has 0 fully saturated rings. The topological polar surface area (TPSA) is 156 Å². The highest BCUT2D eigenvalue weighted by Gasteiger charge is 2.42. The van der Waals surface area contributed by atoms with Crippen molar-refractivity contribution in [3.63, 3.8) is 0 Å². The van der Waals surface area contributed by atoms with Crippen LogP contribution in [0.15, 0.2) is 86.2 Å². The van der Waals surface area contributed by atoms with Crippen molar-refractivity contribution >= 4 is 23.8 Å². The lowest BCUT2D eigenvalue weighted by Crippen LogP contribution is -2.32. The van der Waals surface area contributed by atoms with Gasteiger partial charge in [0.1, 0.15) is 6.54 Å². The predicted molar refractivity (Wildman–Crippen MR) is 156 cm³/mol. The molecule has 2 aromatic carbocycles. The molecule has 0 radical (unpaired) electrons. The number of hydrogen-bond acceptors (Lipinski definition) is 10. The number of hydrogen-bond donors (Lipinski definition) is 2. The fourth-order valence-electron chi connectivity index (χ4n) is 3.33. The van der Waals surface area contributed by atoms with Crippen LogP contribution in [0.4, 0.5) is 13.2 Å². The number of allylic oxidation sites excluding steroid dienone is 2. The number of nitrogens with zero attached hydrogens (tertiary/aromatic N) is 1. The largest absolute Gasteiger partial charge is 0.493 e. The maximum atomic E-state index is 12.2. The summed E-state index contributed by atoms with van der Waals surface area (Å²) in [6.07, 6.45) is 2.12. The van der Waals surface area contributed by atoms with E-state index in [0.29, 0.717) is 35.5 Å². The third-order valence-electron chi connectivity index (χ3n) is 5.36. The summed E-state index contributed by atoms with van der Waals surface area (Å²) in [6, 6.07) is 12.4. The molecule has 3 rings (SSSR count). The molecule has 0 spiro atoms. The van der Waals surface area contributed by atoms with Crippen LogP contribution in [0.25, 0.3) is 0 Å². The number of halogens is 3. The molecule has 0 aliphatic carbocycles. The van der Waals surface area contributed by atoms with E-state index in [1.54, 1.807) is 36.5 Å². The lowest BCUT2D eigenvalue weighted by atomic mass is 10.1. The van der Waals surface area contributed by atoms with Gasteiger partial charge in [0.25, 0.3) is 5.91 Å². The average molecular weight is 630 g/mol. The quantitative estimate of drug-likeness (QED) is 0.171. The molecular weight excluding hydrogens is 599 g/mol. The number of rotatable bonds is 12. The van der Waals surface area contributed by atoms with Crippen LogP contribution in [0, 0.1) is 0 Å². The summed E-state index contributed by atoms with van der Waals surface area (Å²) in [5.41, 5.74) is 6.94. The van der Waals surface area contributed by atoms with Crippen LogP contribution >= 0.6 is 0 Å². The van der Waals surface area contributed by atoms with Crippen LogP contribution in [0.2, 0.25) is 0 Å². The molecule has 0 aliphatic heterocycles. The zero-order valence-electron chi connectivity index (χ0n) is 24.1. The maximum Gasteiger partial charge on any atom is 0.491 e. The van der Waals surface area contributed by atoms with Gasteiger partial charge in [0.05, 0.1) is 19.2 Å². The number of alkyl halides is 3. The summed E-state index contributed by atoms with van der Waals surface area (Å²) in [6.45, 7) is 6.43. The second-order valence-electron chi connectivity index (χ2n) is 8.72. The summed E-state index contributed by atoms with van der Waals surface area (Å²) in [5.74, 6) is -4.38. The average Bonchev–Trinajstić information content (AvgIpc) is 3.02. The summed E-state index contributed by atoms with van der Waals surface area (Å²) in [4.78, 5) is 49.6. The summed E-state index contributed by atoms with van der Waals surface area (Å²) >= 11 is 0. The van der Waals surface area contributed by atoms with Gasteiger partial charge in [0.2, 0.25) is 0 Å². The van der Waals surface area contributed by atoms with E-state index in [1.807, 2.05) is 6.07 Å². The van der Waals surface area contributed by atoms with Gasteiger partial charge in [-0.2, -0.15) is 13.2 Å². The molecule has 0 bridgehead atoms. The van der Waals surface area contributed by atoms with E-state index in [2.05, 4.69) is 28.2 Å². The van der Waals surface area contributed by atoms with Crippen LogP contribution in [-0.4, -0.2) is 55.2 Å². The van der Waals surface area contributed by atoms with E-state index < -0.39 is 42.3 Å². The molecule has 238 valence electrons. The summed E-state index contributed by atoms with van der Waals surface area (Å²) in [7, 11) is 1.49. The lowest BCUT2D eigenvalue weighted by Gasteiger charge is -2.12. The first-order valence-electron chi connectivity index (χ1n) is 13.0. The van der Waals surface area contributed by atoms with Gasteiger partial charge < -0.3 is 30.0 Å². The van der Waals surface area contributed by atoms with Crippen molar-refractivity contribution in [2.75, 3.05) is 20.2 Å². The lowest BCUT2D eigenvalue weighted by molar-refractivity contribution is -0.189. The Morgan fingerprint density at radius 2 is 1.44 bits per heavy atom. The molecule has 0 aliphatic rings. The summed E-state index contributed by atoms with van der Waals surface area (Å²) in [5, 5.41) is 2.48. The van der Waals surface area contributed by atoms with Gasteiger partial charge in [-0.05, 0) is 60.4 Å². The Bertz CT molecular complexity index is 1510. The number of benzene rings is 2. The smallest absolute Gasteiger partial charge is 0.491 e. The van der Waals surface area contributed by atoms with E-state index in [9.17, 15) is 32.3 Å². The third kappa shape index (κ3) is 12.0. The molecule has 3 aromatic rings. The van der Waals surface area contributed by atoms with Crippen LogP contribution in [-0.2, 0) is 27.2 Å². The first-order chi connectivity index (χ1) is 21.4. The number of carbonyl (C=O) groups excluding carboxylic acids is 4. The van der Waals surface area contributed by atoms with Crippen molar-refractivity contribution in [2.24, 2.45) is 5.73 Å². The van der Waals surface area contributed by atoms with Crippen LogP contribution < -0.4 is 30.0 Å². The minimum Gasteiger partial charge on any atom is -0.493 e. The minimum atomic E-state index is -5.16. The van der Waals surface area contributed by atoms with Gasteiger partial charge in [-0.1, -0.05) is 24.3 Å². The number of pyridine rings is 1. The van der Waals surface area contributed by atoms with Gasteiger partial charge >= 0.3 is 24.1 Å². The number of amides is 1. The Hall–Kier alpha value is -5.50. The monoisotopic (exact) mass is 629 g/mol. The number of methoxy groups -OCH3 is 1. The fraction of sp³-hybridized carbons (Fsp3) is 0.194. The van der Waals surface area contributed by atoms with Gasteiger partial charge in [0, 0.05) is 12.4 Å². The van der Waals surface area contributed by atoms with E-state index in [-0.39, 0.29) is 12.3 Å². The van der Waals surface area contributed by atoms with Crippen molar-refractivity contribution in [1.29, 1.82) is 0 Å². The SMILES string of the molecule is C=CCc1ccc(OC(=O)CN)c(OC(=O)C(F)(F)F)c1.C=CCc1ccc(OC(=O)CNC(=O)c2cccnc2)c(OC)c1. The molecule has 1 aromatic heterocycles. The molecule has 45 heavy (non-hydrogen) atoms. The highest BCUT2D eigenvalue weighted by Crippen LogP contribution is 2.31. The van der Waals surface area contributed by atoms with Crippen molar-refractivity contribution in [3.8, 4) is 23.0 Å². The Morgan fingerprint density at radius 3 is 1.96 bits per heavy atom. The van der Waals surface area contributed by atoms with E-state index in [0.717, 1.165) is 11.6 Å². The highest BCUT2D eigenvalue weighted by molar-refractivity contribution is 5.95. The van der Waals surface area contributed by atoms with Crippen molar-refractivity contribution < 1.29 is 51.3 Å². The number of nitrogens with one attached hydrogen (secondary N) is 1. The van der Waals surface area contributed by atoms with Gasteiger partial charge in [-0.3, -0.25) is 14.6 Å². The molecule has 3 N–H and O–H groups in total. The number of esters is 3. The zero-order valence-corrected chi connectivity index (χ0v) is 24.1. The van der Waals surface area contributed by atoms with E-state index >= 15 is 0 Å². The Labute approximate surface area is 256 Å². The van der Waals surface area contributed by atoms with Crippen molar-refractivity contribution in [3.05, 3.63) is 103 Å². The van der Waals surface area contributed by atoms with E-state index in [1.165, 1.54) is 31.5 Å². The van der Waals surface area contributed by atoms with E-state index in [4.69, 9.17) is 19.9 Å². The molecule has 11 nitrogen and oxygen atoms in total. The van der Waals surface area contributed by atoms with Crippen LogP contribution in [0.5, 0.6) is 23.0 Å². The van der Waals surface area contributed by atoms with Crippen molar-refractivity contribution in [1.82, 2.24) is 10.3 Å². The Balaban J connectivity index is 0.000000317. The van der Waals surface area contributed by atoms with Gasteiger partial charge in [0.15, 0.2) is 23.0 Å². The molecule has 0 atom stereocenters. The Morgan fingerprint density at radius 1 is 0.867 bits per heavy atom. The first kappa shape index (κ1) is 35.7. The molecule has 0 unspecified atom stereocenters. The zero-order chi connectivity index (χ0) is 33.4. The molecule has 0 saturated heterocycles. The van der Waals surface area contributed by atoms with Crippen LogP contribution in [0.3, 0.4) is 0 Å². The standard InChI is InChI=1S/C18H18N2O4.C13H12F3NO4/c1-3-5-13-7-8-15(16(10-13)23-2)24-17(21)12-20-18(22)14-6-4-9-19-11-14;1-2-3-8-4-5-9(20-11(18)7-17)10(6-8)21-12(19)13(14,15)16/h3-4,6-11H,1,5,12H2,2H3,(H,20,22);2,4-6H,1,3,7,17H2. The Kier molecular flexibility index (Phi) is 13.9. The summed E-state index contributed by atoms with van der Waals surface area (Å²) < 4.78 is 56.1. The van der Waals surface area contributed by atoms with Crippen LogP contribution in [0.1, 0.15) is 21.5 Å². The maximum absolute atomic E-state index is 12.2. The molecule has 14 heteroatoms. The number of carbonyl (C=O) groups is 4. The van der Waals surface area contributed by atoms with Crippen molar-refractivity contribution in [2.45, 2.75) is 19.0 Å². The van der Waals surface area contributed by atoms with Gasteiger partial charge in [-0.15, -0.1) is 13.2 Å². The molecular formula is C31H30F3N3O8. The van der Waals surface area contributed by atoms with Gasteiger partial charge in [-0.25, -0.2) is 9.59 Å². The molecule has 1 amide bonds. The number of aromatic nitrogens is 1. The fourth-order valence-corrected chi connectivity index (χ4v) is 3.33. The minimum absolute atomic E-state index is 0.259. The number of ether oxygens (including phenoxy) is 4. The second-order valence-corrected chi connectivity index (χ2v) is 8.72. The number of nitrogens with two attached hydrogens (primary N) is 1. The second kappa shape index (κ2) is 17.6. The molecule has 0 saturated carbocycles. The highest BCUT2D eigenvalue weighted by atomic mass is 19.4. The predicted octanol–water partition coefficient (Wildman–Crippen LogP) is 3.90. The third-order valence-corrected chi connectivity index (χ3v) is 5.36. The first-order valence-corrected chi connectivity index (χ1v) is 13.0.